The van der Waals surface area contributed by atoms with Crippen molar-refractivity contribution in [1.29, 1.82) is 0 Å². The molecule has 1 rings (SSSR count). The van der Waals surface area contributed by atoms with Gasteiger partial charge in [0.25, 0.3) is 0 Å². The Morgan fingerprint density at radius 1 is 1.42 bits per heavy atom. The average Bonchev–Trinajstić information content (AvgIpc) is 2.44. The summed E-state index contributed by atoms with van der Waals surface area (Å²) in [5, 5.41) is 13.0. The van der Waals surface area contributed by atoms with E-state index in [1.165, 1.54) is 0 Å². The van der Waals surface area contributed by atoms with Crippen LogP contribution in [0.4, 0.5) is 0 Å². The van der Waals surface area contributed by atoms with Gasteiger partial charge in [0.05, 0.1) is 12.1 Å². The third kappa shape index (κ3) is 6.14. The van der Waals surface area contributed by atoms with Crippen LogP contribution in [0.1, 0.15) is 26.0 Å². The Morgan fingerprint density at radius 3 is 2.79 bits per heavy atom. The number of pyridine rings is 1. The van der Waals surface area contributed by atoms with Crippen molar-refractivity contribution in [2.45, 2.75) is 32.2 Å². The molecule has 0 aromatic carbocycles. The fourth-order valence-corrected chi connectivity index (χ4v) is 2.11. The summed E-state index contributed by atoms with van der Waals surface area (Å²) in [6.45, 7) is 7.07. The molecule has 1 atom stereocenters. The Bertz CT molecular complexity index is 345. The second kappa shape index (κ2) is 8.25. The van der Waals surface area contributed by atoms with E-state index in [4.69, 9.17) is 0 Å². The molecule has 19 heavy (non-hydrogen) atoms. The van der Waals surface area contributed by atoms with Crippen molar-refractivity contribution in [3.63, 3.8) is 0 Å². The van der Waals surface area contributed by atoms with Crippen LogP contribution in [-0.4, -0.2) is 53.8 Å². The maximum Gasteiger partial charge on any atom is 0.0623 e. The van der Waals surface area contributed by atoms with E-state index in [0.717, 1.165) is 38.2 Å². The van der Waals surface area contributed by atoms with Crippen molar-refractivity contribution in [2.75, 3.05) is 33.3 Å². The molecule has 0 bridgehead atoms. The van der Waals surface area contributed by atoms with Gasteiger partial charge in [-0.3, -0.25) is 4.98 Å². The molecule has 0 spiro atoms. The zero-order valence-corrected chi connectivity index (χ0v) is 12.4. The number of nitrogens with zero attached hydrogens (tertiary/aromatic N) is 2. The highest BCUT2D eigenvalue weighted by Crippen LogP contribution is 2.06. The molecule has 0 radical (unpaired) electrons. The Kier molecular flexibility index (Phi) is 6.99. The molecule has 2 N–H and O–H groups in total. The van der Waals surface area contributed by atoms with Crippen LogP contribution in [0.5, 0.6) is 0 Å². The lowest BCUT2D eigenvalue weighted by atomic mass is 10.0. The van der Waals surface area contributed by atoms with Gasteiger partial charge in [0, 0.05) is 31.4 Å². The molecular weight excluding hydrogens is 238 g/mol. The molecule has 1 unspecified atom stereocenters. The van der Waals surface area contributed by atoms with Crippen molar-refractivity contribution in [3.8, 4) is 0 Å². The first-order chi connectivity index (χ1) is 9.09. The highest BCUT2D eigenvalue weighted by atomic mass is 16.3. The molecule has 1 aromatic rings. The Balaban J connectivity index is 2.38. The molecule has 0 saturated carbocycles. The Hall–Kier alpha value is -0.970. The van der Waals surface area contributed by atoms with Crippen LogP contribution in [0.2, 0.25) is 0 Å². The molecule has 4 nitrogen and oxygen atoms in total. The van der Waals surface area contributed by atoms with Crippen molar-refractivity contribution in [1.82, 2.24) is 15.2 Å². The van der Waals surface area contributed by atoms with E-state index >= 15 is 0 Å². The van der Waals surface area contributed by atoms with Crippen molar-refractivity contribution < 1.29 is 5.11 Å². The number of nitrogens with one attached hydrogen (secondary N) is 1. The summed E-state index contributed by atoms with van der Waals surface area (Å²) < 4.78 is 0. The van der Waals surface area contributed by atoms with Crippen molar-refractivity contribution in [2.24, 2.45) is 0 Å². The minimum atomic E-state index is -0.227. The summed E-state index contributed by atoms with van der Waals surface area (Å²) in [6, 6.07) is 6.00. The van der Waals surface area contributed by atoms with Crippen LogP contribution in [0.25, 0.3) is 0 Å². The monoisotopic (exact) mass is 265 g/mol. The fraction of sp³-hybridized carbons (Fsp3) is 0.667. The molecule has 0 saturated heterocycles. The average molecular weight is 265 g/mol. The van der Waals surface area contributed by atoms with Crippen LogP contribution in [0.15, 0.2) is 24.4 Å². The van der Waals surface area contributed by atoms with E-state index in [0.29, 0.717) is 0 Å². The van der Waals surface area contributed by atoms with E-state index in [1.54, 1.807) is 0 Å². The van der Waals surface area contributed by atoms with Gasteiger partial charge in [-0.15, -0.1) is 0 Å². The number of aliphatic hydroxyl groups is 1. The normalized spacial score (nSPS) is 14.6. The van der Waals surface area contributed by atoms with Gasteiger partial charge in [0.1, 0.15) is 0 Å². The van der Waals surface area contributed by atoms with Gasteiger partial charge in [-0.2, -0.15) is 0 Å². The zero-order valence-electron chi connectivity index (χ0n) is 12.4. The summed E-state index contributed by atoms with van der Waals surface area (Å²) >= 11 is 0. The van der Waals surface area contributed by atoms with E-state index in [1.807, 2.05) is 18.3 Å². The second-order valence-electron chi connectivity index (χ2n) is 5.45. The number of aliphatic hydroxyl groups excluding tert-OH is 1. The number of rotatable bonds is 9. The number of hydrogen-bond donors (Lipinski definition) is 2. The van der Waals surface area contributed by atoms with Gasteiger partial charge in [0.15, 0.2) is 0 Å². The van der Waals surface area contributed by atoms with Crippen molar-refractivity contribution in [3.05, 3.63) is 30.1 Å². The molecule has 108 valence electrons. The van der Waals surface area contributed by atoms with E-state index in [9.17, 15) is 5.11 Å². The largest absolute Gasteiger partial charge is 0.394 e. The quantitative estimate of drug-likeness (QED) is 0.707. The molecular formula is C15H27N3O. The number of likely N-dealkylation sites (N-methyl/N-ethyl adjacent to an activating group) is 1. The first-order valence-electron chi connectivity index (χ1n) is 7.04. The molecule has 0 amide bonds. The van der Waals surface area contributed by atoms with Crippen molar-refractivity contribution >= 4 is 0 Å². The summed E-state index contributed by atoms with van der Waals surface area (Å²) in [5.41, 5.74) is 0.885. The van der Waals surface area contributed by atoms with Gasteiger partial charge in [0.2, 0.25) is 0 Å². The molecule has 0 aliphatic rings. The van der Waals surface area contributed by atoms with Gasteiger partial charge >= 0.3 is 0 Å². The standard InChI is InChI=1S/C15H27N3O/c1-4-9-17-15(2,13-19)12-18(3)11-8-14-7-5-6-10-16-14/h5-7,10,17,19H,4,8-9,11-13H2,1-3H3. The lowest BCUT2D eigenvalue weighted by Crippen LogP contribution is -2.53. The first kappa shape index (κ1) is 16.1. The third-order valence-corrected chi connectivity index (χ3v) is 3.25. The minimum Gasteiger partial charge on any atom is -0.394 e. The van der Waals surface area contributed by atoms with Crippen LogP contribution < -0.4 is 5.32 Å². The molecule has 0 fully saturated rings. The summed E-state index contributed by atoms with van der Waals surface area (Å²) in [5.74, 6) is 0. The summed E-state index contributed by atoms with van der Waals surface area (Å²) in [4.78, 5) is 6.57. The second-order valence-corrected chi connectivity index (χ2v) is 5.45. The molecule has 1 aromatic heterocycles. The van der Waals surface area contributed by atoms with Crippen LogP contribution in [0.3, 0.4) is 0 Å². The fourth-order valence-electron chi connectivity index (χ4n) is 2.11. The lowest BCUT2D eigenvalue weighted by molar-refractivity contribution is 0.133. The van der Waals surface area contributed by atoms with E-state index < -0.39 is 0 Å². The van der Waals surface area contributed by atoms with Gasteiger partial charge in [-0.05, 0) is 39.1 Å². The highest BCUT2D eigenvalue weighted by Gasteiger charge is 2.23. The first-order valence-corrected chi connectivity index (χ1v) is 7.04. The third-order valence-electron chi connectivity index (χ3n) is 3.25. The highest BCUT2D eigenvalue weighted by molar-refractivity contribution is 5.03. The molecule has 1 heterocycles. The number of aromatic nitrogens is 1. The molecule has 0 aliphatic heterocycles. The molecule has 4 heteroatoms. The Labute approximate surface area is 116 Å². The van der Waals surface area contributed by atoms with Crippen LogP contribution in [0, 0.1) is 0 Å². The number of hydrogen-bond acceptors (Lipinski definition) is 4. The SMILES string of the molecule is CCCNC(C)(CO)CN(C)CCc1ccccn1. The van der Waals surface area contributed by atoms with Gasteiger partial charge in [-0.1, -0.05) is 13.0 Å². The van der Waals surface area contributed by atoms with E-state index in [2.05, 4.69) is 42.2 Å². The van der Waals surface area contributed by atoms with Crippen LogP contribution in [-0.2, 0) is 6.42 Å². The smallest absolute Gasteiger partial charge is 0.0623 e. The van der Waals surface area contributed by atoms with E-state index in [-0.39, 0.29) is 12.1 Å². The molecule has 0 aliphatic carbocycles. The predicted molar refractivity (Wildman–Crippen MR) is 79.2 cm³/mol. The zero-order chi connectivity index (χ0) is 14.1. The maximum absolute atomic E-state index is 9.54. The Morgan fingerprint density at radius 2 is 2.21 bits per heavy atom. The maximum atomic E-state index is 9.54. The van der Waals surface area contributed by atoms with Gasteiger partial charge < -0.3 is 15.3 Å². The van der Waals surface area contributed by atoms with Gasteiger partial charge in [-0.25, -0.2) is 0 Å². The van der Waals surface area contributed by atoms with Crippen LogP contribution >= 0.6 is 0 Å². The lowest BCUT2D eigenvalue weighted by Gasteiger charge is -2.33. The predicted octanol–water partition coefficient (Wildman–Crippen LogP) is 1.31. The minimum absolute atomic E-state index is 0.154. The summed E-state index contributed by atoms with van der Waals surface area (Å²) in [6.07, 6.45) is 3.84. The topological polar surface area (TPSA) is 48.4 Å². The summed E-state index contributed by atoms with van der Waals surface area (Å²) in [7, 11) is 2.09.